The SMILES string of the molecule is Nc1c(N2CCN(C(c3ccccc3)c3ccccc3)CC2)ncnc1N1CCCc2ccccc21. The van der Waals surface area contributed by atoms with Crippen molar-refractivity contribution in [2.75, 3.05) is 48.3 Å². The molecule has 0 bridgehead atoms. The molecule has 0 aliphatic carbocycles. The second kappa shape index (κ2) is 9.99. The number of nitrogens with two attached hydrogens (primary N) is 1. The van der Waals surface area contributed by atoms with Gasteiger partial charge < -0.3 is 15.5 Å². The Morgan fingerprint density at radius 2 is 1.28 bits per heavy atom. The fourth-order valence-corrected chi connectivity index (χ4v) is 5.67. The molecule has 6 rings (SSSR count). The third-order valence-electron chi connectivity index (χ3n) is 7.42. The predicted molar refractivity (Wildman–Crippen MR) is 147 cm³/mol. The van der Waals surface area contributed by atoms with Crippen molar-refractivity contribution in [3.05, 3.63) is 108 Å². The first-order valence-electron chi connectivity index (χ1n) is 12.8. The van der Waals surface area contributed by atoms with Gasteiger partial charge in [0.1, 0.15) is 12.0 Å². The number of nitrogen functional groups attached to an aromatic ring is 1. The zero-order valence-corrected chi connectivity index (χ0v) is 20.5. The van der Waals surface area contributed by atoms with Gasteiger partial charge in [0, 0.05) is 38.4 Å². The zero-order chi connectivity index (χ0) is 24.3. The zero-order valence-electron chi connectivity index (χ0n) is 20.5. The van der Waals surface area contributed by atoms with Gasteiger partial charge in [0.25, 0.3) is 0 Å². The van der Waals surface area contributed by atoms with E-state index >= 15 is 0 Å². The molecule has 0 spiro atoms. The fraction of sp³-hybridized carbons (Fsp3) is 0.267. The second-order valence-corrected chi connectivity index (χ2v) is 9.57. The second-order valence-electron chi connectivity index (χ2n) is 9.57. The van der Waals surface area contributed by atoms with Gasteiger partial charge in [-0.3, -0.25) is 4.90 Å². The number of anilines is 4. The third kappa shape index (κ3) is 4.29. The van der Waals surface area contributed by atoms with E-state index in [2.05, 4.69) is 110 Å². The number of hydrogen-bond donors (Lipinski definition) is 1. The molecule has 2 aliphatic rings. The molecule has 0 unspecified atom stereocenters. The first kappa shape index (κ1) is 22.6. The van der Waals surface area contributed by atoms with Crippen LogP contribution in [0.3, 0.4) is 0 Å². The van der Waals surface area contributed by atoms with Crippen molar-refractivity contribution in [1.29, 1.82) is 0 Å². The van der Waals surface area contributed by atoms with E-state index in [1.54, 1.807) is 6.33 Å². The molecule has 0 radical (unpaired) electrons. The van der Waals surface area contributed by atoms with Crippen molar-refractivity contribution in [3.63, 3.8) is 0 Å². The van der Waals surface area contributed by atoms with Gasteiger partial charge in [0.2, 0.25) is 0 Å². The normalized spacial score (nSPS) is 16.2. The molecule has 3 aromatic carbocycles. The minimum absolute atomic E-state index is 0.234. The van der Waals surface area contributed by atoms with E-state index in [1.165, 1.54) is 22.4 Å². The number of aromatic nitrogens is 2. The first-order chi connectivity index (χ1) is 17.8. The Morgan fingerprint density at radius 1 is 0.667 bits per heavy atom. The Morgan fingerprint density at radius 3 is 1.97 bits per heavy atom. The lowest BCUT2D eigenvalue weighted by Crippen LogP contribution is -2.48. The van der Waals surface area contributed by atoms with Gasteiger partial charge in [-0.1, -0.05) is 78.9 Å². The molecule has 6 nitrogen and oxygen atoms in total. The summed E-state index contributed by atoms with van der Waals surface area (Å²) in [6, 6.07) is 30.4. The number of para-hydroxylation sites is 1. The number of nitrogens with zero attached hydrogens (tertiary/aromatic N) is 5. The molecule has 1 aromatic heterocycles. The van der Waals surface area contributed by atoms with Crippen LogP contribution < -0.4 is 15.5 Å². The monoisotopic (exact) mass is 476 g/mol. The molecule has 0 amide bonds. The van der Waals surface area contributed by atoms with Crippen LogP contribution in [0.1, 0.15) is 29.2 Å². The van der Waals surface area contributed by atoms with E-state index in [-0.39, 0.29) is 6.04 Å². The molecule has 6 heteroatoms. The molecular formula is C30H32N6. The lowest BCUT2D eigenvalue weighted by atomic mass is 9.96. The number of benzene rings is 3. The summed E-state index contributed by atoms with van der Waals surface area (Å²) in [5, 5.41) is 0. The van der Waals surface area contributed by atoms with Crippen LogP contribution in [0, 0.1) is 0 Å². The molecule has 0 atom stereocenters. The number of aryl methyl sites for hydroxylation is 1. The van der Waals surface area contributed by atoms with E-state index in [1.807, 2.05) is 0 Å². The van der Waals surface area contributed by atoms with E-state index in [0.29, 0.717) is 5.69 Å². The van der Waals surface area contributed by atoms with Crippen molar-refractivity contribution in [3.8, 4) is 0 Å². The molecule has 2 N–H and O–H groups in total. The summed E-state index contributed by atoms with van der Waals surface area (Å²) in [5.41, 5.74) is 12.6. The van der Waals surface area contributed by atoms with E-state index < -0.39 is 0 Å². The number of rotatable bonds is 5. The smallest absolute Gasteiger partial charge is 0.161 e. The van der Waals surface area contributed by atoms with Crippen LogP contribution in [0.25, 0.3) is 0 Å². The van der Waals surface area contributed by atoms with Crippen LogP contribution in [0.15, 0.2) is 91.3 Å². The highest BCUT2D eigenvalue weighted by atomic mass is 15.3. The highest BCUT2D eigenvalue weighted by Crippen LogP contribution is 2.38. The van der Waals surface area contributed by atoms with Crippen LogP contribution in [0.5, 0.6) is 0 Å². The molecular weight excluding hydrogens is 444 g/mol. The summed E-state index contributed by atoms with van der Waals surface area (Å²) in [7, 11) is 0. The summed E-state index contributed by atoms with van der Waals surface area (Å²) < 4.78 is 0. The van der Waals surface area contributed by atoms with Crippen LogP contribution in [-0.2, 0) is 6.42 Å². The molecule has 3 heterocycles. The number of piperazine rings is 1. The number of hydrogen-bond acceptors (Lipinski definition) is 6. The average molecular weight is 477 g/mol. The van der Waals surface area contributed by atoms with Gasteiger partial charge in [0.15, 0.2) is 11.6 Å². The van der Waals surface area contributed by atoms with Gasteiger partial charge >= 0.3 is 0 Å². The van der Waals surface area contributed by atoms with Crippen molar-refractivity contribution < 1.29 is 0 Å². The summed E-state index contributed by atoms with van der Waals surface area (Å²) in [6.07, 6.45) is 3.85. The quantitative estimate of drug-likeness (QED) is 0.435. The van der Waals surface area contributed by atoms with Crippen LogP contribution >= 0.6 is 0 Å². The standard InChI is InChI=1S/C30H32N6/c31-27-29(32-22-33-30(27)36-17-9-15-23-10-7-8-16-26(23)36)35-20-18-34(19-21-35)28(24-11-3-1-4-12-24)25-13-5-2-6-14-25/h1-8,10-14,16,22,28H,9,15,17-21,31H2. The maximum Gasteiger partial charge on any atom is 0.161 e. The maximum absolute atomic E-state index is 6.76. The summed E-state index contributed by atoms with van der Waals surface area (Å²) in [6.45, 7) is 4.52. The maximum atomic E-state index is 6.76. The van der Waals surface area contributed by atoms with Gasteiger partial charge in [-0.2, -0.15) is 0 Å². The van der Waals surface area contributed by atoms with E-state index in [4.69, 9.17) is 5.73 Å². The lowest BCUT2D eigenvalue weighted by molar-refractivity contribution is 0.212. The third-order valence-corrected chi connectivity index (χ3v) is 7.42. The summed E-state index contributed by atoms with van der Waals surface area (Å²) >= 11 is 0. The minimum Gasteiger partial charge on any atom is -0.393 e. The lowest BCUT2D eigenvalue weighted by Gasteiger charge is -2.40. The Bertz CT molecular complexity index is 1260. The Kier molecular flexibility index (Phi) is 6.26. The van der Waals surface area contributed by atoms with E-state index in [0.717, 1.165) is 57.2 Å². The molecule has 4 aromatic rings. The van der Waals surface area contributed by atoms with E-state index in [9.17, 15) is 0 Å². The summed E-state index contributed by atoms with van der Waals surface area (Å²) in [5.74, 6) is 1.67. The molecule has 2 aliphatic heterocycles. The predicted octanol–water partition coefficient (Wildman–Crippen LogP) is 5.05. The Labute approximate surface area is 213 Å². The van der Waals surface area contributed by atoms with Crippen LogP contribution in [0.4, 0.5) is 23.0 Å². The first-order valence-corrected chi connectivity index (χ1v) is 12.8. The van der Waals surface area contributed by atoms with Crippen molar-refractivity contribution in [1.82, 2.24) is 14.9 Å². The van der Waals surface area contributed by atoms with Crippen LogP contribution in [0.2, 0.25) is 0 Å². The van der Waals surface area contributed by atoms with Crippen LogP contribution in [-0.4, -0.2) is 47.6 Å². The number of fused-ring (bicyclic) bond motifs is 1. The molecule has 36 heavy (non-hydrogen) atoms. The Balaban J connectivity index is 1.24. The largest absolute Gasteiger partial charge is 0.393 e. The highest BCUT2D eigenvalue weighted by Gasteiger charge is 2.29. The Hall–Kier alpha value is -3.90. The molecule has 1 saturated heterocycles. The van der Waals surface area contributed by atoms with Gasteiger partial charge in [-0.15, -0.1) is 0 Å². The highest BCUT2D eigenvalue weighted by molar-refractivity contribution is 5.81. The summed E-state index contributed by atoms with van der Waals surface area (Å²) in [4.78, 5) is 16.4. The topological polar surface area (TPSA) is 61.5 Å². The van der Waals surface area contributed by atoms with Gasteiger partial charge in [-0.25, -0.2) is 9.97 Å². The minimum atomic E-state index is 0.234. The van der Waals surface area contributed by atoms with Crippen molar-refractivity contribution in [2.24, 2.45) is 0 Å². The molecule has 0 saturated carbocycles. The molecule has 182 valence electrons. The van der Waals surface area contributed by atoms with Crippen molar-refractivity contribution in [2.45, 2.75) is 18.9 Å². The van der Waals surface area contributed by atoms with Gasteiger partial charge in [0.05, 0.1) is 6.04 Å². The van der Waals surface area contributed by atoms with Gasteiger partial charge in [-0.05, 0) is 35.6 Å². The fourth-order valence-electron chi connectivity index (χ4n) is 5.67. The average Bonchev–Trinajstić information content (AvgIpc) is 2.95. The molecule has 1 fully saturated rings. The van der Waals surface area contributed by atoms with Crippen molar-refractivity contribution >= 4 is 23.0 Å².